The number of carboxylic acids is 1. The van der Waals surface area contributed by atoms with Gasteiger partial charge in [-0.3, -0.25) is 0 Å². The van der Waals surface area contributed by atoms with Crippen molar-refractivity contribution in [3.63, 3.8) is 0 Å². The van der Waals surface area contributed by atoms with Gasteiger partial charge in [0.2, 0.25) is 0 Å². The van der Waals surface area contributed by atoms with E-state index in [1.165, 1.54) is 11.8 Å². The summed E-state index contributed by atoms with van der Waals surface area (Å²) in [6, 6.07) is 0. The smallest absolute Gasteiger partial charge is 0.335 e. The van der Waals surface area contributed by atoms with Crippen molar-refractivity contribution in [1.29, 1.82) is 0 Å². The van der Waals surface area contributed by atoms with Gasteiger partial charge in [0, 0.05) is 5.57 Å². The summed E-state index contributed by atoms with van der Waals surface area (Å²) in [4.78, 5) is 22.5. The van der Waals surface area contributed by atoms with E-state index in [1.807, 2.05) is 13.2 Å². The Balaban J connectivity index is 2.70. The molecule has 0 fully saturated rings. The maximum atomic E-state index is 11.5. The third-order valence-electron chi connectivity index (χ3n) is 2.61. The minimum Gasteiger partial charge on any atom is -0.478 e. The first-order valence-electron chi connectivity index (χ1n) is 5.24. The molecule has 0 radical (unpaired) electrons. The van der Waals surface area contributed by atoms with Gasteiger partial charge in [-0.25, -0.2) is 9.59 Å². The van der Waals surface area contributed by atoms with E-state index in [0.717, 1.165) is 12.8 Å². The largest absolute Gasteiger partial charge is 0.478 e. The number of carbonyl (C=O) groups excluding carboxylic acids is 1. The predicted octanol–water partition coefficient (Wildman–Crippen LogP) is 2.05. The number of thioether (sulfide) groups is 1. The maximum absolute atomic E-state index is 11.5. The van der Waals surface area contributed by atoms with Crippen molar-refractivity contribution in [3.8, 4) is 0 Å². The van der Waals surface area contributed by atoms with Crippen LogP contribution in [0.2, 0.25) is 0 Å². The van der Waals surface area contributed by atoms with Crippen molar-refractivity contribution in [2.45, 2.75) is 26.2 Å². The number of ether oxygens (including phenoxy) is 1. The molecule has 0 aliphatic heterocycles. The summed E-state index contributed by atoms with van der Waals surface area (Å²) in [5.74, 6) is -1.16. The third kappa shape index (κ3) is 2.78. The lowest BCUT2D eigenvalue weighted by molar-refractivity contribution is -0.140. The van der Waals surface area contributed by atoms with Gasteiger partial charge >= 0.3 is 11.9 Å². The Kier molecular flexibility index (Phi) is 4.86. The predicted molar refractivity (Wildman–Crippen MR) is 62.2 cm³/mol. The maximum Gasteiger partial charge on any atom is 0.335 e. The summed E-state index contributed by atoms with van der Waals surface area (Å²) in [5, 5.41) is 9.00. The Morgan fingerprint density at radius 2 is 2.25 bits per heavy atom. The van der Waals surface area contributed by atoms with Crippen LogP contribution in [0.15, 0.2) is 11.1 Å². The van der Waals surface area contributed by atoms with Gasteiger partial charge in [0.05, 0.1) is 5.57 Å². The second-order valence-electron chi connectivity index (χ2n) is 3.73. The number of esters is 1. The fourth-order valence-electron chi connectivity index (χ4n) is 1.87. The molecule has 0 saturated heterocycles. The van der Waals surface area contributed by atoms with Gasteiger partial charge in [0.1, 0.15) is 5.94 Å². The van der Waals surface area contributed by atoms with Crippen molar-refractivity contribution >= 4 is 23.7 Å². The fourth-order valence-corrected chi connectivity index (χ4v) is 2.09. The molecule has 1 atom stereocenters. The topological polar surface area (TPSA) is 63.6 Å². The van der Waals surface area contributed by atoms with Crippen LogP contribution < -0.4 is 0 Å². The van der Waals surface area contributed by atoms with Gasteiger partial charge < -0.3 is 9.84 Å². The van der Waals surface area contributed by atoms with Crippen LogP contribution in [0.1, 0.15) is 26.2 Å². The molecule has 0 amide bonds. The van der Waals surface area contributed by atoms with Gasteiger partial charge in [-0.2, -0.15) is 0 Å². The molecular formula is C11H16O4S. The molecule has 0 bridgehead atoms. The van der Waals surface area contributed by atoms with Crippen molar-refractivity contribution in [3.05, 3.63) is 11.1 Å². The van der Waals surface area contributed by atoms with Gasteiger partial charge in [-0.15, -0.1) is 11.8 Å². The van der Waals surface area contributed by atoms with Crippen LogP contribution in [-0.4, -0.2) is 29.2 Å². The van der Waals surface area contributed by atoms with E-state index in [1.54, 1.807) is 0 Å². The number of aliphatic carboxylic acids is 1. The number of carboxylic acid groups (broad SMARTS) is 1. The first kappa shape index (κ1) is 13.1. The lowest BCUT2D eigenvalue weighted by Crippen LogP contribution is -2.30. The Labute approximate surface area is 99.0 Å². The lowest BCUT2D eigenvalue weighted by Gasteiger charge is -2.29. The molecule has 5 heteroatoms. The molecule has 1 unspecified atom stereocenters. The molecule has 0 aromatic heterocycles. The highest BCUT2D eigenvalue weighted by Crippen LogP contribution is 2.38. The van der Waals surface area contributed by atoms with E-state index in [-0.39, 0.29) is 17.4 Å². The molecule has 0 aromatic carbocycles. The highest BCUT2D eigenvalue weighted by molar-refractivity contribution is 7.98. The van der Waals surface area contributed by atoms with Crippen LogP contribution >= 0.6 is 11.8 Å². The Morgan fingerprint density at radius 3 is 2.75 bits per heavy atom. The summed E-state index contributed by atoms with van der Waals surface area (Å²) >= 11 is 1.39. The van der Waals surface area contributed by atoms with Crippen LogP contribution in [0.4, 0.5) is 0 Å². The molecule has 0 saturated carbocycles. The summed E-state index contributed by atoms with van der Waals surface area (Å²) < 4.78 is 4.90. The van der Waals surface area contributed by atoms with Crippen LogP contribution in [0, 0.1) is 5.92 Å². The highest BCUT2D eigenvalue weighted by Gasteiger charge is 2.37. The van der Waals surface area contributed by atoms with Crippen LogP contribution in [0.25, 0.3) is 0 Å². The normalized spacial score (nSPS) is 19.2. The zero-order valence-electron chi connectivity index (χ0n) is 9.49. The van der Waals surface area contributed by atoms with Crippen molar-refractivity contribution in [2.24, 2.45) is 5.92 Å². The van der Waals surface area contributed by atoms with E-state index >= 15 is 0 Å². The molecular weight excluding hydrogens is 228 g/mol. The molecule has 1 rings (SSSR count). The van der Waals surface area contributed by atoms with E-state index in [2.05, 4.69) is 0 Å². The summed E-state index contributed by atoms with van der Waals surface area (Å²) in [5.41, 5.74) is 0.605. The molecule has 0 spiro atoms. The molecule has 0 heterocycles. The van der Waals surface area contributed by atoms with Crippen LogP contribution in [0.5, 0.6) is 0 Å². The molecule has 90 valence electrons. The zero-order valence-corrected chi connectivity index (χ0v) is 10.3. The fraction of sp³-hybridized carbons (Fsp3) is 0.636. The Morgan fingerprint density at radius 1 is 1.56 bits per heavy atom. The summed E-state index contributed by atoms with van der Waals surface area (Å²) in [6.45, 7) is 2.00. The van der Waals surface area contributed by atoms with E-state index in [4.69, 9.17) is 9.84 Å². The number of hydrogen-bond donors (Lipinski definition) is 1. The minimum atomic E-state index is -0.985. The second-order valence-corrected chi connectivity index (χ2v) is 4.54. The Bertz CT molecular complexity index is 322. The first-order valence-corrected chi connectivity index (χ1v) is 6.63. The SMILES string of the molecule is CCCC1CC(C(=O)OCSC)=C1C(=O)O. The van der Waals surface area contributed by atoms with E-state index in [9.17, 15) is 9.59 Å². The molecule has 1 aliphatic rings. The molecule has 1 N–H and O–H groups in total. The van der Waals surface area contributed by atoms with Gasteiger partial charge in [0.15, 0.2) is 0 Å². The number of hydrogen-bond acceptors (Lipinski definition) is 4. The number of carbonyl (C=O) groups is 2. The average molecular weight is 244 g/mol. The third-order valence-corrected chi connectivity index (χ3v) is 2.96. The van der Waals surface area contributed by atoms with Crippen molar-refractivity contribution < 1.29 is 19.4 Å². The highest BCUT2D eigenvalue weighted by atomic mass is 32.2. The Hall–Kier alpha value is -0.970. The molecule has 0 aromatic rings. The first-order chi connectivity index (χ1) is 7.61. The van der Waals surface area contributed by atoms with Crippen molar-refractivity contribution in [1.82, 2.24) is 0 Å². The van der Waals surface area contributed by atoms with E-state index in [0.29, 0.717) is 12.0 Å². The monoisotopic (exact) mass is 244 g/mol. The standard InChI is InChI=1S/C11H16O4S/c1-3-4-7-5-8(9(7)10(12)13)11(14)15-6-16-2/h7H,3-6H2,1-2H3,(H,12,13). The quantitative estimate of drug-likeness (QED) is 0.572. The van der Waals surface area contributed by atoms with Gasteiger partial charge in [0.25, 0.3) is 0 Å². The van der Waals surface area contributed by atoms with E-state index < -0.39 is 11.9 Å². The zero-order chi connectivity index (χ0) is 12.1. The minimum absolute atomic E-state index is 0.0272. The number of rotatable bonds is 6. The summed E-state index contributed by atoms with van der Waals surface area (Å²) in [7, 11) is 0. The molecule has 4 nitrogen and oxygen atoms in total. The average Bonchev–Trinajstić information content (AvgIpc) is 2.19. The van der Waals surface area contributed by atoms with Crippen molar-refractivity contribution in [2.75, 3.05) is 12.2 Å². The second kappa shape index (κ2) is 5.94. The van der Waals surface area contributed by atoms with Gasteiger partial charge in [-0.1, -0.05) is 13.3 Å². The van der Waals surface area contributed by atoms with Crippen LogP contribution in [0.3, 0.4) is 0 Å². The van der Waals surface area contributed by atoms with Gasteiger partial charge in [-0.05, 0) is 25.0 Å². The van der Waals surface area contributed by atoms with Crippen LogP contribution in [-0.2, 0) is 14.3 Å². The molecule has 1 aliphatic carbocycles. The lowest BCUT2D eigenvalue weighted by atomic mass is 9.75. The summed E-state index contributed by atoms with van der Waals surface area (Å²) in [6.07, 6.45) is 4.11. The molecule has 16 heavy (non-hydrogen) atoms.